The van der Waals surface area contributed by atoms with Crippen molar-refractivity contribution < 1.29 is 28.5 Å². The van der Waals surface area contributed by atoms with Crippen LogP contribution >= 0.6 is 0 Å². The van der Waals surface area contributed by atoms with Gasteiger partial charge in [0.05, 0.1) is 0 Å². The first-order valence-corrected chi connectivity index (χ1v) is 10.8. The van der Waals surface area contributed by atoms with Crippen molar-refractivity contribution in [1.29, 1.82) is 0 Å². The minimum atomic E-state index is -1.11. The van der Waals surface area contributed by atoms with Crippen LogP contribution in [0.2, 0.25) is 0 Å². The molecule has 0 N–H and O–H groups in total. The third-order valence-electron chi connectivity index (χ3n) is 5.87. The lowest BCUT2D eigenvalue weighted by Crippen LogP contribution is -2.26. The van der Waals surface area contributed by atoms with E-state index in [-0.39, 0.29) is 11.5 Å². The van der Waals surface area contributed by atoms with Crippen molar-refractivity contribution in [2.24, 2.45) is 0 Å². The van der Waals surface area contributed by atoms with E-state index in [0.717, 1.165) is 22.6 Å². The summed E-state index contributed by atoms with van der Waals surface area (Å²) < 4.78 is 22.7. The largest absolute Gasteiger partial charge is 0.457 e. The second-order valence-electron chi connectivity index (χ2n) is 8.02. The second kappa shape index (κ2) is 8.08. The molecule has 0 aromatic heterocycles. The van der Waals surface area contributed by atoms with Gasteiger partial charge in [-0.05, 0) is 47.5 Å². The zero-order valence-corrected chi connectivity index (χ0v) is 17.9. The highest BCUT2D eigenvalue weighted by Gasteiger charge is 2.27. The molecule has 0 saturated carbocycles. The zero-order valence-electron chi connectivity index (χ0n) is 17.9. The lowest BCUT2D eigenvalue weighted by Gasteiger charge is -2.22. The van der Waals surface area contributed by atoms with E-state index in [9.17, 15) is 9.59 Å². The van der Waals surface area contributed by atoms with E-state index in [1.165, 1.54) is 0 Å². The number of hydrogen-bond donors (Lipinski definition) is 0. The Morgan fingerprint density at radius 3 is 1.41 bits per heavy atom. The molecule has 0 radical (unpaired) electrons. The van der Waals surface area contributed by atoms with E-state index < -0.39 is 11.9 Å². The monoisotopic (exact) mass is 450 g/mol. The van der Waals surface area contributed by atoms with Gasteiger partial charge in [0.15, 0.2) is 0 Å². The van der Waals surface area contributed by atoms with E-state index in [0.29, 0.717) is 35.5 Å². The maximum atomic E-state index is 12.6. The summed E-state index contributed by atoms with van der Waals surface area (Å²) in [5, 5.41) is 0. The molecule has 2 heterocycles. The van der Waals surface area contributed by atoms with Crippen molar-refractivity contribution in [2.75, 3.05) is 0 Å². The lowest BCUT2D eigenvalue weighted by molar-refractivity contribution is -0.156. The van der Waals surface area contributed by atoms with Crippen molar-refractivity contribution in [3.63, 3.8) is 0 Å². The van der Waals surface area contributed by atoms with Crippen LogP contribution in [0.15, 0.2) is 84.9 Å². The molecule has 0 atom stereocenters. The number of ether oxygens (including phenoxy) is 4. The van der Waals surface area contributed by atoms with Gasteiger partial charge in [-0.25, -0.2) is 9.59 Å². The van der Waals surface area contributed by atoms with Crippen LogP contribution in [0.3, 0.4) is 0 Å². The number of benzene rings is 4. The number of carbonyl (C=O) groups is 2. The molecule has 2 aliphatic rings. The molecule has 0 spiro atoms. The van der Waals surface area contributed by atoms with Crippen LogP contribution in [0.4, 0.5) is 0 Å². The van der Waals surface area contributed by atoms with Crippen LogP contribution in [-0.4, -0.2) is 11.9 Å². The van der Waals surface area contributed by atoms with Gasteiger partial charge in [-0.1, -0.05) is 48.5 Å². The second-order valence-corrected chi connectivity index (χ2v) is 8.02. The van der Waals surface area contributed by atoms with Crippen LogP contribution in [0.1, 0.15) is 22.3 Å². The summed E-state index contributed by atoms with van der Waals surface area (Å²) >= 11 is 0. The summed E-state index contributed by atoms with van der Waals surface area (Å²) in [7, 11) is 0. The van der Waals surface area contributed by atoms with Crippen LogP contribution in [0, 0.1) is 0 Å². The number of hydrogen-bond acceptors (Lipinski definition) is 6. The molecule has 0 aliphatic carbocycles. The first-order valence-electron chi connectivity index (χ1n) is 10.8. The molecule has 0 unspecified atom stereocenters. The van der Waals surface area contributed by atoms with Gasteiger partial charge < -0.3 is 18.9 Å². The Balaban J connectivity index is 1.21. The van der Waals surface area contributed by atoms with Gasteiger partial charge in [-0.2, -0.15) is 0 Å². The Morgan fingerprint density at radius 1 is 0.529 bits per heavy atom. The normalized spacial score (nSPS) is 12.6. The van der Waals surface area contributed by atoms with Gasteiger partial charge in [0.2, 0.25) is 0 Å². The fraction of sp³-hybridized carbons (Fsp3) is 0.0714. The molecule has 4 aromatic rings. The first-order chi connectivity index (χ1) is 16.7. The molecular formula is C28H18O6. The van der Waals surface area contributed by atoms with Crippen molar-refractivity contribution >= 4 is 11.9 Å². The molecule has 6 rings (SSSR count). The lowest BCUT2D eigenvalue weighted by atomic mass is 9.99. The maximum Gasteiger partial charge on any atom is 0.423 e. The van der Waals surface area contributed by atoms with E-state index in [2.05, 4.69) is 0 Å². The quantitative estimate of drug-likeness (QED) is 0.195. The summed E-state index contributed by atoms with van der Waals surface area (Å²) in [5.74, 6) is 1.01. The highest BCUT2D eigenvalue weighted by molar-refractivity contribution is 6.31. The Labute approximate surface area is 195 Å². The molecule has 6 heteroatoms. The van der Waals surface area contributed by atoms with Crippen molar-refractivity contribution in [3.8, 4) is 34.5 Å². The highest BCUT2D eigenvalue weighted by atomic mass is 16.6. The topological polar surface area (TPSA) is 71.1 Å². The summed E-state index contributed by atoms with van der Waals surface area (Å²) in [6.45, 7) is 0. The van der Waals surface area contributed by atoms with Crippen LogP contribution < -0.4 is 18.9 Å². The molecule has 0 fully saturated rings. The summed E-state index contributed by atoms with van der Waals surface area (Å²) in [5.41, 5.74) is 3.34. The molecule has 4 aromatic carbocycles. The van der Waals surface area contributed by atoms with Gasteiger partial charge in [0.25, 0.3) is 0 Å². The molecule has 6 nitrogen and oxygen atoms in total. The van der Waals surface area contributed by atoms with Gasteiger partial charge in [-0.3, -0.25) is 0 Å². The van der Waals surface area contributed by atoms with Crippen LogP contribution in [-0.2, 0) is 22.4 Å². The molecule has 166 valence electrons. The Hall–Kier alpha value is -4.58. The van der Waals surface area contributed by atoms with E-state index in [4.69, 9.17) is 18.9 Å². The van der Waals surface area contributed by atoms with E-state index in [1.807, 2.05) is 48.5 Å². The molecule has 0 saturated heterocycles. The number of esters is 2. The smallest absolute Gasteiger partial charge is 0.423 e. The molecule has 0 bridgehead atoms. The van der Waals surface area contributed by atoms with Crippen molar-refractivity contribution in [1.82, 2.24) is 0 Å². The van der Waals surface area contributed by atoms with Gasteiger partial charge in [0, 0.05) is 24.0 Å². The predicted molar refractivity (Wildman–Crippen MR) is 123 cm³/mol. The number of fused-ring (bicyclic) bond motifs is 4. The highest BCUT2D eigenvalue weighted by Crippen LogP contribution is 2.42. The molecule has 34 heavy (non-hydrogen) atoms. The summed E-state index contributed by atoms with van der Waals surface area (Å²) in [4.78, 5) is 25.3. The minimum Gasteiger partial charge on any atom is -0.457 e. The van der Waals surface area contributed by atoms with Gasteiger partial charge >= 0.3 is 11.9 Å². The Morgan fingerprint density at radius 2 is 0.941 bits per heavy atom. The van der Waals surface area contributed by atoms with Crippen molar-refractivity contribution in [2.45, 2.75) is 12.8 Å². The molecule has 2 aliphatic heterocycles. The standard InChI is InChI=1S/C28H18O6/c29-27(33-25-13-5-11-23-19(25)15-17-7-1-3-9-21(17)31-23)28(30)34-26-14-6-12-24-20(26)16-18-8-2-4-10-22(18)32-24/h1-14H,15-16H2. The van der Waals surface area contributed by atoms with Crippen LogP contribution in [0.5, 0.6) is 34.5 Å². The average molecular weight is 450 g/mol. The summed E-state index contributed by atoms with van der Waals surface area (Å²) in [6, 6.07) is 25.6. The van der Waals surface area contributed by atoms with Crippen LogP contribution in [0.25, 0.3) is 0 Å². The number of carbonyl (C=O) groups excluding carboxylic acids is 2. The Bertz CT molecular complexity index is 1340. The Kier molecular flexibility index (Phi) is 4.77. The maximum absolute atomic E-state index is 12.6. The number of rotatable bonds is 2. The average Bonchev–Trinajstić information content (AvgIpc) is 2.87. The fourth-order valence-corrected chi connectivity index (χ4v) is 4.22. The van der Waals surface area contributed by atoms with E-state index >= 15 is 0 Å². The SMILES string of the molecule is O=C(Oc1cccc2c1Cc1ccccc1O2)C(=O)Oc1cccc2c1Cc1ccccc1O2. The first kappa shape index (κ1) is 20.1. The number of para-hydroxylation sites is 2. The minimum absolute atomic E-state index is 0.265. The fourth-order valence-electron chi connectivity index (χ4n) is 4.22. The third-order valence-corrected chi connectivity index (χ3v) is 5.87. The third kappa shape index (κ3) is 3.55. The molecule has 0 amide bonds. The molecular weight excluding hydrogens is 432 g/mol. The summed E-state index contributed by atoms with van der Waals surface area (Å²) in [6.07, 6.45) is 1.04. The van der Waals surface area contributed by atoms with Crippen molar-refractivity contribution in [3.05, 3.63) is 107 Å². The van der Waals surface area contributed by atoms with E-state index in [1.54, 1.807) is 36.4 Å². The zero-order chi connectivity index (χ0) is 23.1. The van der Waals surface area contributed by atoms with Gasteiger partial charge in [-0.15, -0.1) is 0 Å². The van der Waals surface area contributed by atoms with Gasteiger partial charge in [0.1, 0.15) is 34.5 Å². The predicted octanol–water partition coefficient (Wildman–Crippen LogP) is 5.59.